The average molecular weight is 400 g/mol. The van der Waals surface area contributed by atoms with Gasteiger partial charge in [0.2, 0.25) is 0 Å². The Kier molecular flexibility index (Phi) is 4.25. The van der Waals surface area contributed by atoms with Gasteiger partial charge in [0.15, 0.2) is 11.3 Å². The maximum absolute atomic E-state index is 11.3. The van der Waals surface area contributed by atoms with Crippen LogP contribution in [0.15, 0.2) is 46.9 Å². The molecule has 0 unspecified atom stereocenters. The number of aromatic amines is 1. The van der Waals surface area contributed by atoms with Gasteiger partial charge in [0.25, 0.3) is 0 Å². The molecule has 4 aromatic rings. The van der Waals surface area contributed by atoms with Crippen molar-refractivity contribution in [3.05, 3.63) is 69.2 Å². The van der Waals surface area contributed by atoms with E-state index in [9.17, 15) is 9.90 Å². The number of nitrogens with one attached hydrogen (secondary N) is 1. The van der Waals surface area contributed by atoms with E-state index in [1.165, 1.54) is 0 Å². The maximum Gasteiger partial charge on any atom is 0.335 e. The fraction of sp³-hybridized carbons (Fsp3) is 0.0952. The van der Waals surface area contributed by atoms with Gasteiger partial charge in [0, 0.05) is 21.7 Å². The van der Waals surface area contributed by atoms with Gasteiger partial charge < -0.3 is 14.5 Å². The summed E-state index contributed by atoms with van der Waals surface area (Å²) in [7, 11) is 0. The Hall–Kier alpha value is -2.69. The molecule has 27 heavy (non-hydrogen) atoms. The molecule has 0 amide bonds. The molecule has 0 fully saturated rings. The predicted molar refractivity (Wildman–Crippen MR) is 108 cm³/mol. The third-order valence-corrected chi connectivity index (χ3v) is 5.08. The largest absolute Gasteiger partial charge is 0.478 e. The summed E-state index contributed by atoms with van der Waals surface area (Å²) < 4.78 is 5.89. The van der Waals surface area contributed by atoms with E-state index in [-0.39, 0.29) is 0 Å². The number of carboxylic acid groups (broad SMARTS) is 1. The number of aromatic carboxylic acids is 1. The molecular formula is C21H15Cl2NO3. The van der Waals surface area contributed by atoms with Crippen LogP contribution >= 0.6 is 23.2 Å². The van der Waals surface area contributed by atoms with Gasteiger partial charge in [-0.25, -0.2) is 4.79 Å². The molecule has 2 aromatic carbocycles. The van der Waals surface area contributed by atoms with Crippen LogP contribution in [-0.2, 0) is 0 Å². The summed E-state index contributed by atoms with van der Waals surface area (Å²) in [4.78, 5) is 14.6. The number of halogens is 2. The number of aryl methyl sites for hydroxylation is 2. The fourth-order valence-electron chi connectivity index (χ4n) is 3.24. The summed E-state index contributed by atoms with van der Waals surface area (Å²) >= 11 is 12.3. The van der Waals surface area contributed by atoms with Gasteiger partial charge >= 0.3 is 5.97 Å². The molecule has 136 valence electrons. The number of rotatable bonds is 3. The van der Waals surface area contributed by atoms with Gasteiger partial charge in [0.05, 0.1) is 16.3 Å². The van der Waals surface area contributed by atoms with Crippen LogP contribution in [0.1, 0.15) is 21.5 Å². The summed E-state index contributed by atoms with van der Waals surface area (Å²) in [5, 5.41) is 11.1. The molecule has 2 aromatic heterocycles. The Balaban J connectivity index is 1.77. The van der Waals surface area contributed by atoms with Crippen LogP contribution in [0.4, 0.5) is 0 Å². The maximum atomic E-state index is 11.3. The molecule has 0 bridgehead atoms. The molecule has 0 aliphatic rings. The number of aromatic nitrogens is 1. The molecule has 6 heteroatoms. The van der Waals surface area contributed by atoms with E-state index in [2.05, 4.69) is 4.98 Å². The van der Waals surface area contributed by atoms with Crippen LogP contribution in [0.3, 0.4) is 0 Å². The number of H-pyrrole nitrogens is 1. The molecule has 2 N–H and O–H groups in total. The lowest BCUT2D eigenvalue weighted by molar-refractivity contribution is 0.0696. The predicted octanol–water partition coefficient (Wildman–Crippen LogP) is 6.72. The Morgan fingerprint density at radius 3 is 2.48 bits per heavy atom. The number of hydrogen-bond acceptors (Lipinski definition) is 2. The highest BCUT2D eigenvalue weighted by molar-refractivity contribution is 6.38. The first-order valence-electron chi connectivity index (χ1n) is 8.26. The first kappa shape index (κ1) is 17.7. The Bertz CT molecular complexity index is 1200. The average Bonchev–Trinajstić information content (AvgIpc) is 3.23. The molecule has 4 rings (SSSR count). The van der Waals surface area contributed by atoms with Gasteiger partial charge in [-0.2, -0.15) is 0 Å². The molecule has 0 atom stereocenters. The van der Waals surface area contributed by atoms with Crippen LogP contribution in [0, 0.1) is 13.8 Å². The van der Waals surface area contributed by atoms with E-state index in [1.54, 1.807) is 25.1 Å². The van der Waals surface area contributed by atoms with Gasteiger partial charge in [0.1, 0.15) is 0 Å². The fourth-order valence-corrected chi connectivity index (χ4v) is 3.79. The number of benzene rings is 2. The second-order valence-corrected chi connectivity index (χ2v) is 7.33. The normalized spacial score (nSPS) is 11.3. The van der Waals surface area contributed by atoms with Crippen LogP contribution in [0.5, 0.6) is 0 Å². The van der Waals surface area contributed by atoms with Crippen molar-refractivity contribution in [1.29, 1.82) is 0 Å². The minimum atomic E-state index is -0.924. The van der Waals surface area contributed by atoms with Crippen molar-refractivity contribution in [1.82, 2.24) is 4.98 Å². The minimum Gasteiger partial charge on any atom is -0.478 e. The van der Waals surface area contributed by atoms with Crippen molar-refractivity contribution < 1.29 is 14.3 Å². The van der Waals surface area contributed by atoms with E-state index in [0.29, 0.717) is 32.5 Å². The van der Waals surface area contributed by atoms with Crippen molar-refractivity contribution in [3.8, 4) is 22.7 Å². The second-order valence-electron chi connectivity index (χ2n) is 6.49. The van der Waals surface area contributed by atoms with Crippen molar-refractivity contribution in [2.75, 3.05) is 0 Å². The Morgan fingerprint density at radius 2 is 1.74 bits per heavy atom. The summed E-state index contributed by atoms with van der Waals surface area (Å²) in [5.41, 5.74) is 5.12. The Labute approximate surface area is 165 Å². The van der Waals surface area contributed by atoms with Crippen LogP contribution in [-0.4, -0.2) is 16.1 Å². The van der Waals surface area contributed by atoms with E-state index >= 15 is 0 Å². The number of carboxylic acids is 1. The first-order valence-corrected chi connectivity index (χ1v) is 9.02. The monoisotopic (exact) mass is 399 g/mol. The topological polar surface area (TPSA) is 66.2 Å². The minimum absolute atomic E-state index is 0.312. The zero-order chi connectivity index (χ0) is 19.3. The van der Waals surface area contributed by atoms with Crippen molar-refractivity contribution in [2.45, 2.75) is 13.8 Å². The second kappa shape index (κ2) is 6.48. The number of furan rings is 1. The van der Waals surface area contributed by atoms with E-state index < -0.39 is 5.97 Å². The molecule has 0 saturated carbocycles. The van der Waals surface area contributed by atoms with Crippen molar-refractivity contribution in [2.24, 2.45) is 0 Å². The van der Waals surface area contributed by atoms with Crippen LogP contribution < -0.4 is 0 Å². The molecule has 0 radical (unpaired) electrons. The zero-order valence-electron chi connectivity index (χ0n) is 14.6. The third-order valence-electron chi connectivity index (χ3n) is 4.58. The smallest absolute Gasteiger partial charge is 0.335 e. The quantitative estimate of drug-likeness (QED) is 0.401. The lowest BCUT2D eigenvalue weighted by Gasteiger charge is -2.08. The highest BCUT2D eigenvalue weighted by Gasteiger charge is 2.15. The van der Waals surface area contributed by atoms with E-state index in [1.807, 2.05) is 31.2 Å². The highest BCUT2D eigenvalue weighted by Crippen LogP contribution is 2.35. The lowest BCUT2D eigenvalue weighted by Crippen LogP contribution is -2.01. The summed E-state index contributed by atoms with van der Waals surface area (Å²) in [6.07, 6.45) is 0. The van der Waals surface area contributed by atoms with Gasteiger partial charge in [-0.15, -0.1) is 0 Å². The standard InChI is InChI=1S/C21H15Cl2NO3/c1-10-6-15(21(25)26)11(2)5-14(10)17-3-4-18(24-17)19-8-12-7-13(22)9-16(23)20(12)27-19/h3-9,24H,1-2H3,(H,25,26). The van der Waals surface area contributed by atoms with E-state index in [0.717, 1.165) is 27.9 Å². The number of carbonyl (C=O) groups is 1. The number of fused-ring (bicyclic) bond motifs is 1. The van der Waals surface area contributed by atoms with Crippen LogP contribution in [0.2, 0.25) is 10.0 Å². The van der Waals surface area contributed by atoms with E-state index in [4.69, 9.17) is 27.6 Å². The molecular weight excluding hydrogens is 385 g/mol. The molecule has 2 heterocycles. The summed E-state index contributed by atoms with van der Waals surface area (Å²) in [6, 6.07) is 12.8. The Morgan fingerprint density at radius 1 is 1.00 bits per heavy atom. The summed E-state index contributed by atoms with van der Waals surface area (Å²) in [5.74, 6) is -0.274. The molecule has 0 spiro atoms. The highest BCUT2D eigenvalue weighted by atomic mass is 35.5. The van der Waals surface area contributed by atoms with Crippen molar-refractivity contribution >= 4 is 40.1 Å². The molecule has 0 saturated heterocycles. The van der Waals surface area contributed by atoms with Crippen molar-refractivity contribution in [3.63, 3.8) is 0 Å². The third kappa shape index (κ3) is 3.11. The number of hydrogen-bond donors (Lipinski definition) is 2. The SMILES string of the molecule is Cc1cc(-c2ccc(-c3cc4cc(Cl)cc(Cl)c4o3)[nH]2)c(C)cc1C(=O)O. The van der Waals surface area contributed by atoms with Gasteiger partial charge in [-0.05, 0) is 67.4 Å². The molecule has 0 aliphatic carbocycles. The van der Waals surface area contributed by atoms with Gasteiger partial charge in [-0.1, -0.05) is 23.2 Å². The van der Waals surface area contributed by atoms with Gasteiger partial charge in [-0.3, -0.25) is 0 Å². The first-order chi connectivity index (χ1) is 12.8. The van der Waals surface area contributed by atoms with Crippen LogP contribution in [0.25, 0.3) is 33.7 Å². The molecule has 0 aliphatic heterocycles. The zero-order valence-corrected chi connectivity index (χ0v) is 16.1. The molecule has 4 nitrogen and oxygen atoms in total. The summed E-state index contributed by atoms with van der Waals surface area (Å²) in [6.45, 7) is 3.69. The lowest BCUT2D eigenvalue weighted by atomic mass is 9.98.